The summed E-state index contributed by atoms with van der Waals surface area (Å²) < 4.78 is 18.2. The van der Waals surface area contributed by atoms with Crippen molar-refractivity contribution in [2.24, 2.45) is 0 Å². The molecule has 4 heteroatoms. The fraction of sp³-hybridized carbons (Fsp3) is 0.571. The van der Waals surface area contributed by atoms with Gasteiger partial charge in [-0.2, -0.15) is 0 Å². The first-order valence-electron chi connectivity index (χ1n) is 6.26. The molecule has 18 heavy (non-hydrogen) atoms. The normalized spacial score (nSPS) is 14.4. The van der Waals surface area contributed by atoms with Crippen LogP contribution in [0.3, 0.4) is 0 Å². The van der Waals surface area contributed by atoms with Gasteiger partial charge in [-0.25, -0.2) is 4.39 Å². The highest BCUT2D eigenvalue weighted by molar-refractivity contribution is 5.17. The minimum absolute atomic E-state index is 0.0282. The SMILES string of the molecule is COCCC(Cc1cccc(F)c1)N[C@H](C)CO. The monoisotopic (exact) mass is 255 g/mol. The van der Waals surface area contributed by atoms with Crippen LogP contribution >= 0.6 is 0 Å². The summed E-state index contributed by atoms with van der Waals surface area (Å²) in [6.07, 6.45) is 1.56. The molecule has 0 saturated heterocycles. The molecule has 0 fully saturated rings. The van der Waals surface area contributed by atoms with E-state index >= 15 is 0 Å². The lowest BCUT2D eigenvalue weighted by Gasteiger charge is -2.22. The molecule has 1 aromatic carbocycles. The standard InChI is InChI=1S/C14H22FNO2/c1-11(10-17)16-14(6-7-18-2)9-12-4-3-5-13(15)8-12/h3-5,8,11,14,16-17H,6-7,9-10H2,1-2H3/t11-,14?/m1/s1. The van der Waals surface area contributed by atoms with Crippen LogP contribution in [0.1, 0.15) is 18.9 Å². The Hall–Kier alpha value is -0.970. The van der Waals surface area contributed by atoms with Gasteiger partial charge in [-0.1, -0.05) is 12.1 Å². The average Bonchev–Trinajstić information content (AvgIpc) is 2.35. The number of nitrogens with one attached hydrogen (secondary N) is 1. The Morgan fingerprint density at radius 1 is 1.44 bits per heavy atom. The third kappa shape index (κ3) is 5.58. The maximum absolute atomic E-state index is 13.1. The number of aliphatic hydroxyl groups is 1. The third-order valence-electron chi connectivity index (χ3n) is 2.84. The van der Waals surface area contributed by atoms with E-state index in [0.717, 1.165) is 18.4 Å². The smallest absolute Gasteiger partial charge is 0.123 e. The number of ether oxygens (including phenoxy) is 1. The van der Waals surface area contributed by atoms with Gasteiger partial charge >= 0.3 is 0 Å². The average molecular weight is 255 g/mol. The van der Waals surface area contributed by atoms with Crippen molar-refractivity contribution in [3.05, 3.63) is 35.6 Å². The van der Waals surface area contributed by atoms with Gasteiger partial charge < -0.3 is 15.2 Å². The zero-order valence-electron chi connectivity index (χ0n) is 11.0. The van der Waals surface area contributed by atoms with E-state index in [2.05, 4.69) is 5.32 Å². The molecule has 2 N–H and O–H groups in total. The van der Waals surface area contributed by atoms with Crippen LogP contribution in [0.2, 0.25) is 0 Å². The number of hydrogen-bond acceptors (Lipinski definition) is 3. The van der Waals surface area contributed by atoms with Crippen molar-refractivity contribution in [1.29, 1.82) is 0 Å². The van der Waals surface area contributed by atoms with Gasteiger partial charge in [-0.05, 0) is 37.5 Å². The van der Waals surface area contributed by atoms with Gasteiger partial charge in [0, 0.05) is 25.8 Å². The van der Waals surface area contributed by atoms with Gasteiger partial charge in [-0.3, -0.25) is 0 Å². The van der Waals surface area contributed by atoms with E-state index in [4.69, 9.17) is 9.84 Å². The van der Waals surface area contributed by atoms with Gasteiger partial charge in [0.15, 0.2) is 0 Å². The van der Waals surface area contributed by atoms with Crippen LogP contribution in [0.25, 0.3) is 0 Å². The third-order valence-corrected chi connectivity index (χ3v) is 2.84. The summed E-state index contributed by atoms with van der Waals surface area (Å²) in [6.45, 7) is 2.66. The highest BCUT2D eigenvalue weighted by Gasteiger charge is 2.12. The summed E-state index contributed by atoms with van der Waals surface area (Å²) in [7, 11) is 1.66. The van der Waals surface area contributed by atoms with Gasteiger partial charge in [0.1, 0.15) is 5.82 Å². The van der Waals surface area contributed by atoms with Crippen LogP contribution in [0.4, 0.5) is 4.39 Å². The zero-order chi connectivity index (χ0) is 13.4. The maximum atomic E-state index is 13.1. The van der Waals surface area contributed by atoms with Crippen LogP contribution in [0.15, 0.2) is 24.3 Å². The van der Waals surface area contributed by atoms with Crippen LogP contribution in [-0.4, -0.2) is 37.5 Å². The van der Waals surface area contributed by atoms with Crippen LogP contribution in [0, 0.1) is 5.82 Å². The molecular weight excluding hydrogens is 233 g/mol. The topological polar surface area (TPSA) is 41.5 Å². The van der Waals surface area contributed by atoms with E-state index in [1.807, 2.05) is 13.0 Å². The Bertz CT molecular complexity index is 346. The van der Waals surface area contributed by atoms with Gasteiger partial charge in [-0.15, -0.1) is 0 Å². The lowest BCUT2D eigenvalue weighted by atomic mass is 10.0. The molecular formula is C14H22FNO2. The molecule has 0 aliphatic carbocycles. The van der Waals surface area contributed by atoms with E-state index in [-0.39, 0.29) is 24.5 Å². The highest BCUT2D eigenvalue weighted by atomic mass is 19.1. The first-order valence-corrected chi connectivity index (χ1v) is 6.26. The number of rotatable bonds is 8. The van der Waals surface area contributed by atoms with Crippen molar-refractivity contribution < 1.29 is 14.2 Å². The van der Waals surface area contributed by atoms with E-state index in [1.165, 1.54) is 6.07 Å². The summed E-state index contributed by atoms with van der Waals surface area (Å²) in [5.41, 5.74) is 0.953. The first-order chi connectivity index (χ1) is 8.65. The second-order valence-electron chi connectivity index (χ2n) is 4.56. The Kier molecular flexibility index (Phi) is 6.86. The van der Waals surface area contributed by atoms with Crippen molar-refractivity contribution >= 4 is 0 Å². The van der Waals surface area contributed by atoms with Crippen molar-refractivity contribution in [3.8, 4) is 0 Å². The summed E-state index contributed by atoms with van der Waals surface area (Å²) in [4.78, 5) is 0. The van der Waals surface area contributed by atoms with E-state index < -0.39 is 0 Å². The van der Waals surface area contributed by atoms with E-state index in [0.29, 0.717) is 6.61 Å². The quantitative estimate of drug-likeness (QED) is 0.743. The van der Waals surface area contributed by atoms with Gasteiger partial charge in [0.2, 0.25) is 0 Å². The molecule has 0 heterocycles. The number of aliphatic hydroxyl groups excluding tert-OH is 1. The Morgan fingerprint density at radius 3 is 2.83 bits per heavy atom. The second-order valence-corrected chi connectivity index (χ2v) is 4.56. The molecule has 1 aromatic rings. The molecule has 3 nitrogen and oxygen atoms in total. The maximum Gasteiger partial charge on any atom is 0.123 e. The highest BCUT2D eigenvalue weighted by Crippen LogP contribution is 2.09. The Labute approximate surface area is 108 Å². The molecule has 0 amide bonds. The van der Waals surface area contributed by atoms with Gasteiger partial charge in [0.25, 0.3) is 0 Å². The first kappa shape index (κ1) is 15.1. The lowest BCUT2D eigenvalue weighted by Crippen LogP contribution is -2.40. The van der Waals surface area contributed by atoms with Crippen LogP contribution in [0.5, 0.6) is 0 Å². The molecule has 0 saturated carbocycles. The minimum atomic E-state index is -0.215. The molecule has 1 unspecified atom stereocenters. The molecule has 1 rings (SSSR count). The zero-order valence-corrected chi connectivity index (χ0v) is 11.0. The van der Waals surface area contributed by atoms with Crippen LogP contribution < -0.4 is 5.32 Å². The summed E-state index contributed by atoms with van der Waals surface area (Å²) in [6, 6.07) is 6.82. The molecule has 0 aliphatic heterocycles. The Balaban J connectivity index is 2.59. The second kappa shape index (κ2) is 8.19. The fourth-order valence-corrected chi connectivity index (χ4v) is 1.91. The number of halogens is 1. The van der Waals surface area contributed by atoms with Crippen molar-refractivity contribution in [2.45, 2.75) is 31.8 Å². The molecule has 0 bridgehead atoms. The molecule has 2 atom stereocenters. The van der Waals surface area contributed by atoms with Crippen molar-refractivity contribution in [3.63, 3.8) is 0 Å². The molecule has 102 valence electrons. The molecule has 0 aliphatic rings. The van der Waals surface area contributed by atoms with E-state index in [1.54, 1.807) is 19.2 Å². The number of benzene rings is 1. The van der Waals surface area contributed by atoms with Crippen molar-refractivity contribution in [1.82, 2.24) is 5.32 Å². The summed E-state index contributed by atoms with van der Waals surface area (Å²) in [5.74, 6) is -0.215. The van der Waals surface area contributed by atoms with Crippen molar-refractivity contribution in [2.75, 3.05) is 20.3 Å². The predicted octanol–water partition coefficient (Wildman–Crippen LogP) is 1.74. The lowest BCUT2D eigenvalue weighted by molar-refractivity contribution is 0.173. The number of hydrogen-bond donors (Lipinski definition) is 2. The molecule has 0 radical (unpaired) electrons. The molecule has 0 spiro atoms. The fourth-order valence-electron chi connectivity index (χ4n) is 1.91. The minimum Gasteiger partial charge on any atom is -0.395 e. The molecule has 0 aromatic heterocycles. The van der Waals surface area contributed by atoms with Gasteiger partial charge in [0.05, 0.1) is 6.61 Å². The number of methoxy groups -OCH3 is 1. The largest absolute Gasteiger partial charge is 0.395 e. The van der Waals surface area contributed by atoms with Crippen LogP contribution in [-0.2, 0) is 11.2 Å². The van der Waals surface area contributed by atoms with E-state index in [9.17, 15) is 4.39 Å². The summed E-state index contributed by atoms with van der Waals surface area (Å²) >= 11 is 0. The predicted molar refractivity (Wildman–Crippen MR) is 70.1 cm³/mol. The summed E-state index contributed by atoms with van der Waals surface area (Å²) in [5, 5.41) is 12.4. The Morgan fingerprint density at radius 2 is 2.22 bits per heavy atom.